The Morgan fingerprint density at radius 3 is 2.52 bits per heavy atom. The van der Waals surface area contributed by atoms with E-state index in [1.807, 2.05) is 13.8 Å². The van der Waals surface area contributed by atoms with Gasteiger partial charge in [-0.3, -0.25) is 14.5 Å². The van der Waals surface area contributed by atoms with Crippen molar-refractivity contribution >= 4 is 21.7 Å². The number of hydrogen-bond acceptors (Lipinski definition) is 5. The Bertz CT molecular complexity index is 513. The first-order valence-corrected chi connectivity index (χ1v) is 9.52. The molecule has 2 atom stereocenters. The van der Waals surface area contributed by atoms with Crippen molar-refractivity contribution in [3.8, 4) is 0 Å². The van der Waals surface area contributed by atoms with Crippen LogP contribution in [0.25, 0.3) is 0 Å². The third-order valence-electron chi connectivity index (χ3n) is 4.39. The van der Waals surface area contributed by atoms with Gasteiger partial charge in [-0.2, -0.15) is 0 Å². The van der Waals surface area contributed by atoms with Gasteiger partial charge in [-0.1, -0.05) is 13.8 Å². The fraction of sp³-hybridized carbons (Fsp3) is 0.857. The molecule has 0 saturated carbocycles. The zero-order valence-corrected chi connectivity index (χ0v) is 13.5. The lowest BCUT2D eigenvalue weighted by Gasteiger charge is -2.27. The first-order valence-electron chi connectivity index (χ1n) is 7.70. The summed E-state index contributed by atoms with van der Waals surface area (Å²) in [5, 5.41) is 3.10. The Balaban J connectivity index is 2.02. The standard InChI is InChI=1S/C14H24N2O4S/c1-3-11(4-2)16-13(17)8-12(14(16)18)15-10-6-5-7-21(19,20)9-10/h10-12,15H,3-9H2,1-2H3. The summed E-state index contributed by atoms with van der Waals surface area (Å²) < 4.78 is 23.3. The first kappa shape index (κ1) is 16.4. The van der Waals surface area contributed by atoms with Crippen molar-refractivity contribution in [1.82, 2.24) is 10.2 Å². The lowest BCUT2D eigenvalue weighted by Crippen LogP contribution is -2.49. The van der Waals surface area contributed by atoms with Crippen LogP contribution in [0, 0.1) is 0 Å². The maximum Gasteiger partial charge on any atom is 0.247 e. The van der Waals surface area contributed by atoms with E-state index < -0.39 is 15.9 Å². The number of nitrogens with zero attached hydrogens (tertiary/aromatic N) is 1. The van der Waals surface area contributed by atoms with Crippen LogP contribution in [-0.4, -0.2) is 54.8 Å². The quantitative estimate of drug-likeness (QED) is 0.745. The van der Waals surface area contributed by atoms with Crippen molar-refractivity contribution in [3.05, 3.63) is 0 Å². The summed E-state index contributed by atoms with van der Waals surface area (Å²) in [4.78, 5) is 25.8. The number of carbonyl (C=O) groups excluding carboxylic acids is 2. The first-order chi connectivity index (χ1) is 9.88. The van der Waals surface area contributed by atoms with Crippen molar-refractivity contribution < 1.29 is 18.0 Å². The van der Waals surface area contributed by atoms with Gasteiger partial charge in [0.05, 0.1) is 24.0 Å². The largest absolute Gasteiger partial charge is 0.302 e. The second-order valence-corrected chi connectivity index (χ2v) is 8.18. The molecule has 2 rings (SSSR count). The number of likely N-dealkylation sites (tertiary alicyclic amines) is 1. The molecule has 2 unspecified atom stereocenters. The maximum atomic E-state index is 12.4. The van der Waals surface area contributed by atoms with Crippen LogP contribution in [-0.2, 0) is 19.4 Å². The van der Waals surface area contributed by atoms with Crippen LogP contribution in [0.1, 0.15) is 46.0 Å². The molecule has 0 aromatic heterocycles. The van der Waals surface area contributed by atoms with E-state index in [1.165, 1.54) is 4.90 Å². The molecule has 2 aliphatic heterocycles. The molecule has 0 spiro atoms. The summed E-state index contributed by atoms with van der Waals surface area (Å²) in [6, 6.07) is -0.824. The number of rotatable bonds is 5. The minimum atomic E-state index is -3.02. The van der Waals surface area contributed by atoms with E-state index in [0.717, 1.165) is 19.3 Å². The second-order valence-electron chi connectivity index (χ2n) is 5.95. The molecule has 2 saturated heterocycles. The van der Waals surface area contributed by atoms with E-state index >= 15 is 0 Å². The molecule has 0 aliphatic carbocycles. The average molecular weight is 316 g/mol. The van der Waals surface area contributed by atoms with Gasteiger partial charge in [0.25, 0.3) is 0 Å². The van der Waals surface area contributed by atoms with E-state index in [9.17, 15) is 18.0 Å². The van der Waals surface area contributed by atoms with E-state index in [1.54, 1.807) is 0 Å². The van der Waals surface area contributed by atoms with Crippen LogP contribution in [0.3, 0.4) is 0 Å². The fourth-order valence-electron chi connectivity index (χ4n) is 3.26. The third kappa shape index (κ3) is 3.63. The molecule has 120 valence electrons. The number of sulfone groups is 1. The highest BCUT2D eigenvalue weighted by molar-refractivity contribution is 7.91. The predicted molar refractivity (Wildman–Crippen MR) is 79.4 cm³/mol. The van der Waals surface area contributed by atoms with Gasteiger partial charge in [-0.15, -0.1) is 0 Å². The van der Waals surface area contributed by atoms with Crippen molar-refractivity contribution in [1.29, 1.82) is 0 Å². The lowest BCUT2D eigenvalue weighted by molar-refractivity contribution is -0.141. The Morgan fingerprint density at radius 2 is 1.95 bits per heavy atom. The smallest absolute Gasteiger partial charge is 0.247 e. The molecule has 2 aliphatic rings. The number of amides is 2. The van der Waals surface area contributed by atoms with E-state index in [4.69, 9.17) is 0 Å². The predicted octanol–water partition coefficient (Wildman–Crippen LogP) is 0.469. The summed E-state index contributed by atoms with van der Waals surface area (Å²) in [6.07, 6.45) is 3.00. The van der Waals surface area contributed by atoms with Crippen molar-refractivity contribution in [2.24, 2.45) is 0 Å². The number of imide groups is 1. The SMILES string of the molecule is CCC(CC)N1C(=O)CC(NC2CCCS(=O)(=O)C2)C1=O. The van der Waals surface area contributed by atoms with Crippen LogP contribution in [0.5, 0.6) is 0 Å². The van der Waals surface area contributed by atoms with Gasteiger partial charge in [-0.05, 0) is 25.7 Å². The van der Waals surface area contributed by atoms with Gasteiger partial charge in [0.1, 0.15) is 0 Å². The number of hydrogen-bond donors (Lipinski definition) is 1. The van der Waals surface area contributed by atoms with Crippen LogP contribution < -0.4 is 5.32 Å². The van der Waals surface area contributed by atoms with Gasteiger partial charge in [0, 0.05) is 12.1 Å². The summed E-state index contributed by atoms with van der Waals surface area (Å²) in [7, 11) is -3.02. The topological polar surface area (TPSA) is 83.6 Å². The highest BCUT2D eigenvalue weighted by atomic mass is 32.2. The van der Waals surface area contributed by atoms with Crippen LogP contribution in [0.4, 0.5) is 0 Å². The Labute approximate surface area is 126 Å². The fourth-order valence-corrected chi connectivity index (χ4v) is 4.91. The summed E-state index contributed by atoms with van der Waals surface area (Å²) in [5.41, 5.74) is 0. The highest BCUT2D eigenvalue weighted by Gasteiger charge is 2.42. The molecule has 6 nitrogen and oxygen atoms in total. The van der Waals surface area contributed by atoms with Crippen molar-refractivity contribution in [2.45, 2.75) is 64.1 Å². The molecule has 2 fully saturated rings. The average Bonchev–Trinajstić information content (AvgIpc) is 2.67. The van der Waals surface area contributed by atoms with E-state index in [0.29, 0.717) is 6.42 Å². The van der Waals surface area contributed by atoms with E-state index in [-0.39, 0.29) is 41.8 Å². The number of carbonyl (C=O) groups is 2. The van der Waals surface area contributed by atoms with Crippen LogP contribution in [0.15, 0.2) is 0 Å². The molecule has 0 aromatic carbocycles. The Kier molecular flexibility index (Phi) is 5.03. The summed E-state index contributed by atoms with van der Waals surface area (Å²) >= 11 is 0. The van der Waals surface area contributed by atoms with Crippen molar-refractivity contribution in [2.75, 3.05) is 11.5 Å². The molecule has 2 heterocycles. The summed E-state index contributed by atoms with van der Waals surface area (Å²) in [6.45, 7) is 3.92. The van der Waals surface area contributed by atoms with E-state index in [2.05, 4.69) is 5.32 Å². The molecule has 7 heteroatoms. The van der Waals surface area contributed by atoms with Gasteiger partial charge >= 0.3 is 0 Å². The molecular formula is C14H24N2O4S. The highest BCUT2D eigenvalue weighted by Crippen LogP contribution is 2.22. The monoisotopic (exact) mass is 316 g/mol. The Morgan fingerprint density at radius 1 is 1.29 bits per heavy atom. The summed E-state index contributed by atoms with van der Waals surface area (Å²) in [5.74, 6) is -0.0556. The molecule has 1 N–H and O–H groups in total. The minimum Gasteiger partial charge on any atom is -0.302 e. The van der Waals surface area contributed by atoms with Gasteiger partial charge in [0.2, 0.25) is 11.8 Å². The van der Waals surface area contributed by atoms with Crippen molar-refractivity contribution in [3.63, 3.8) is 0 Å². The lowest BCUT2D eigenvalue weighted by atomic mass is 10.1. The van der Waals surface area contributed by atoms with Gasteiger partial charge in [0.15, 0.2) is 9.84 Å². The maximum absolute atomic E-state index is 12.4. The minimum absolute atomic E-state index is 0.0492. The molecule has 0 radical (unpaired) electrons. The molecule has 2 amide bonds. The number of nitrogens with one attached hydrogen (secondary N) is 1. The van der Waals surface area contributed by atoms with Crippen LogP contribution in [0.2, 0.25) is 0 Å². The van der Waals surface area contributed by atoms with Gasteiger partial charge < -0.3 is 5.32 Å². The molecule has 0 bridgehead atoms. The molecule has 0 aromatic rings. The third-order valence-corrected chi connectivity index (χ3v) is 6.21. The van der Waals surface area contributed by atoms with Crippen LogP contribution >= 0.6 is 0 Å². The zero-order chi connectivity index (χ0) is 15.6. The second kappa shape index (κ2) is 6.44. The normalized spacial score (nSPS) is 29.4. The Hall–Kier alpha value is -0.950. The molecular weight excluding hydrogens is 292 g/mol. The van der Waals surface area contributed by atoms with Gasteiger partial charge in [-0.25, -0.2) is 8.42 Å². The molecule has 21 heavy (non-hydrogen) atoms. The zero-order valence-electron chi connectivity index (χ0n) is 12.7.